The molecule has 0 fully saturated rings. The van der Waals surface area contributed by atoms with Gasteiger partial charge < -0.3 is 4.42 Å². The maximum absolute atomic E-state index is 12.5. The maximum atomic E-state index is 12.5. The van der Waals surface area contributed by atoms with Crippen molar-refractivity contribution in [3.05, 3.63) is 52.7 Å². The van der Waals surface area contributed by atoms with Gasteiger partial charge in [0.1, 0.15) is 11.5 Å². The number of carbonyl (C=O) groups excluding carboxylic acids is 1. The van der Waals surface area contributed by atoms with Gasteiger partial charge in [0, 0.05) is 6.20 Å². The minimum Gasteiger partial charge on any atom is -0.466 e. The number of hydrogen-bond donors (Lipinski definition) is 0. The molecule has 3 rings (SSSR count). The molecular formula is C15H15NO2. The third-order valence-corrected chi connectivity index (χ3v) is 3.58. The fourth-order valence-electron chi connectivity index (χ4n) is 2.73. The van der Waals surface area contributed by atoms with E-state index in [-0.39, 0.29) is 11.7 Å². The van der Waals surface area contributed by atoms with E-state index in [4.69, 9.17) is 4.42 Å². The molecule has 0 radical (unpaired) electrons. The Morgan fingerprint density at radius 2 is 2.28 bits per heavy atom. The molecule has 0 saturated heterocycles. The summed E-state index contributed by atoms with van der Waals surface area (Å²) in [6.45, 7) is 3.71. The van der Waals surface area contributed by atoms with Gasteiger partial charge in [-0.3, -0.25) is 9.78 Å². The molecule has 18 heavy (non-hydrogen) atoms. The average Bonchev–Trinajstić information content (AvgIpc) is 2.92. The van der Waals surface area contributed by atoms with Crippen LogP contribution in [0, 0.1) is 13.8 Å². The molecule has 1 atom stereocenters. The van der Waals surface area contributed by atoms with Crippen molar-refractivity contribution < 1.29 is 9.21 Å². The van der Waals surface area contributed by atoms with E-state index in [2.05, 4.69) is 11.1 Å². The molecule has 1 aliphatic rings. The molecule has 0 N–H and O–H groups in total. The molecule has 0 spiro atoms. The SMILES string of the molecule is Cc1cc(C(=O)C2CCc3cccnc32)c(C)o1. The molecule has 1 unspecified atom stereocenters. The summed E-state index contributed by atoms with van der Waals surface area (Å²) in [6.07, 6.45) is 3.56. The van der Waals surface area contributed by atoms with Gasteiger partial charge in [0.15, 0.2) is 5.78 Å². The van der Waals surface area contributed by atoms with E-state index < -0.39 is 0 Å². The zero-order valence-corrected chi connectivity index (χ0v) is 10.6. The molecule has 3 nitrogen and oxygen atoms in total. The van der Waals surface area contributed by atoms with Crippen molar-refractivity contribution in [2.45, 2.75) is 32.6 Å². The van der Waals surface area contributed by atoms with Crippen LogP contribution in [0.3, 0.4) is 0 Å². The van der Waals surface area contributed by atoms with E-state index in [0.29, 0.717) is 11.3 Å². The van der Waals surface area contributed by atoms with Crippen molar-refractivity contribution in [1.82, 2.24) is 4.98 Å². The van der Waals surface area contributed by atoms with Gasteiger partial charge >= 0.3 is 0 Å². The summed E-state index contributed by atoms with van der Waals surface area (Å²) in [5, 5.41) is 0. The second-order valence-electron chi connectivity index (χ2n) is 4.83. The lowest BCUT2D eigenvalue weighted by molar-refractivity contribution is 0.0956. The van der Waals surface area contributed by atoms with Crippen molar-refractivity contribution in [3.63, 3.8) is 0 Å². The molecule has 0 aromatic carbocycles. The minimum absolute atomic E-state index is 0.100. The molecular weight excluding hydrogens is 226 g/mol. The molecule has 2 aromatic heterocycles. The number of fused-ring (bicyclic) bond motifs is 1. The Morgan fingerprint density at radius 3 is 3.00 bits per heavy atom. The van der Waals surface area contributed by atoms with Gasteiger partial charge in [-0.05, 0) is 44.4 Å². The van der Waals surface area contributed by atoms with Gasteiger partial charge in [-0.1, -0.05) is 6.07 Å². The number of furan rings is 1. The van der Waals surface area contributed by atoms with Crippen LogP contribution in [-0.2, 0) is 6.42 Å². The quantitative estimate of drug-likeness (QED) is 0.758. The summed E-state index contributed by atoms with van der Waals surface area (Å²) < 4.78 is 5.44. The van der Waals surface area contributed by atoms with Gasteiger partial charge in [-0.2, -0.15) is 0 Å². The van der Waals surface area contributed by atoms with E-state index in [1.807, 2.05) is 26.0 Å². The highest BCUT2D eigenvalue weighted by molar-refractivity contribution is 6.02. The van der Waals surface area contributed by atoms with Crippen LogP contribution in [0.1, 0.15) is 45.5 Å². The van der Waals surface area contributed by atoms with Crippen LogP contribution in [-0.4, -0.2) is 10.8 Å². The largest absolute Gasteiger partial charge is 0.466 e. The first-order valence-electron chi connectivity index (χ1n) is 6.22. The molecule has 2 aromatic rings. The molecule has 0 bridgehead atoms. The van der Waals surface area contributed by atoms with E-state index in [1.54, 1.807) is 6.20 Å². The number of pyridine rings is 1. The van der Waals surface area contributed by atoms with Gasteiger partial charge in [0.25, 0.3) is 0 Å². The predicted molar refractivity (Wildman–Crippen MR) is 67.8 cm³/mol. The molecule has 92 valence electrons. The normalized spacial score (nSPS) is 17.8. The Labute approximate surface area is 106 Å². The summed E-state index contributed by atoms with van der Waals surface area (Å²) in [4.78, 5) is 16.9. The van der Waals surface area contributed by atoms with Crippen molar-refractivity contribution in [1.29, 1.82) is 0 Å². The van der Waals surface area contributed by atoms with Crippen LogP contribution < -0.4 is 0 Å². The summed E-state index contributed by atoms with van der Waals surface area (Å²) in [5.74, 6) is 1.54. The fraction of sp³-hybridized carbons (Fsp3) is 0.333. The highest BCUT2D eigenvalue weighted by Crippen LogP contribution is 2.34. The second-order valence-corrected chi connectivity index (χ2v) is 4.83. The summed E-state index contributed by atoms with van der Waals surface area (Å²) >= 11 is 0. The lowest BCUT2D eigenvalue weighted by atomic mass is 9.95. The Morgan fingerprint density at radius 1 is 1.44 bits per heavy atom. The van der Waals surface area contributed by atoms with Crippen LogP contribution in [0.2, 0.25) is 0 Å². The standard InChI is InChI=1S/C15H15NO2/c1-9-8-13(10(2)18-9)15(17)12-6-5-11-4-3-7-16-14(11)12/h3-4,7-8,12H,5-6H2,1-2H3. The molecule has 0 saturated carbocycles. The number of ketones is 1. The van der Waals surface area contributed by atoms with Crippen molar-refractivity contribution >= 4 is 5.78 Å². The summed E-state index contributed by atoms with van der Waals surface area (Å²) in [6, 6.07) is 5.82. The van der Waals surface area contributed by atoms with Crippen molar-refractivity contribution in [3.8, 4) is 0 Å². The predicted octanol–water partition coefficient (Wildman–Crippen LogP) is 3.20. The van der Waals surface area contributed by atoms with Crippen LogP contribution >= 0.6 is 0 Å². The Bertz CT molecular complexity index is 613. The molecule has 0 aliphatic heterocycles. The minimum atomic E-state index is -0.100. The van der Waals surface area contributed by atoms with Gasteiger partial charge in [0.2, 0.25) is 0 Å². The number of carbonyl (C=O) groups is 1. The number of hydrogen-bond acceptors (Lipinski definition) is 3. The molecule has 3 heteroatoms. The Hall–Kier alpha value is -1.90. The van der Waals surface area contributed by atoms with Crippen LogP contribution in [0.5, 0.6) is 0 Å². The zero-order valence-electron chi connectivity index (χ0n) is 10.6. The number of aromatic nitrogens is 1. The highest BCUT2D eigenvalue weighted by Gasteiger charge is 2.31. The topological polar surface area (TPSA) is 43.1 Å². The number of nitrogens with zero attached hydrogens (tertiary/aromatic N) is 1. The first-order valence-corrected chi connectivity index (χ1v) is 6.22. The third kappa shape index (κ3) is 1.67. The average molecular weight is 241 g/mol. The van der Waals surface area contributed by atoms with E-state index >= 15 is 0 Å². The Balaban J connectivity index is 1.98. The third-order valence-electron chi connectivity index (χ3n) is 3.58. The molecule has 2 heterocycles. The summed E-state index contributed by atoms with van der Waals surface area (Å²) in [5.41, 5.74) is 2.85. The van der Waals surface area contributed by atoms with E-state index in [9.17, 15) is 4.79 Å². The summed E-state index contributed by atoms with van der Waals surface area (Å²) in [7, 11) is 0. The number of Topliss-reactive ketones (excluding diaryl/α,β-unsaturated/α-hetero) is 1. The van der Waals surface area contributed by atoms with Gasteiger partial charge in [-0.15, -0.1) is 0 Å². The highest BCUT2D eigenvalue weighted by atomic mass is 16.3. The van der Waals surface area contributed by atoms with E-state index in [1.165, 1.54) is 5.56 Å². The number of aryl methyl sites for hydroxylation is 3. The smallest absolute Gasteiger partial charge is 0.175 e. The van der Waals surface area contributed by atoms with Crippen molar-refractivity contribution in [2.75, 3.05) is 0 Å². The maximum Gasteiger partial charge on any atom is 0.175 e. The first-order chi connectivity index (χ1) is 8.66. The first kappa shape index (κ1) is 11.2. The van der Waals surface area contributed by atoms with Crippen LogP contribution in [0.15, 0.2) is 28.8 Å². The lowest BCUT2D eigenvalue weighted by Crippen LogP contribution is -2.11. The van der Waals surface area contributed by atoms with Gasteiger partial charge in [-0.25, -0.2) is 0 Å². The second kappa shape index (κ2) is 4.09. The van der Waals surface area contributed by atoms with Crippen molar-refractivity contribution in [2.24, 2.45) is 0 Å². The molecule has 1 aliphatic carbocycles. The monoisotopic (exact) mass is 241 g/mol. The lowest BCUT2D eigenvalue weighted by Gasteiger charge is -2.08. The zero-order chi connectivity index (χ0) is 12.7. The number of rotatable bonds is 2. The fourth-order valence-corrected chi connectivity index (χ4v) is 2.73. The molecule has 0 amide bonds. The van der Waals surface area contributed by atoms with E-state index in [0.717, 1.165) is 24.3 Å². The Kier molecular flexibility index (Phi) is 2.54. The van der Waals surface area contributed by atoms with Gasteiger partial charge in [0.05, 0.1) is 17.2 Å². The van der Waals surface area contributed by atoms with Crippen LogP contribution in [0.4, 0.5) is 0 Å². The van der Waals surface area contributed by atoms with Crippen LogP contribution in [0.25, 0.3) is 0 Å².